The first-order valence-electron chi connectivity index (χ1n) is 9.90. The van der Waals surface area contributed by atoms with Crippen LogP contribution in [0.3, 0.4) is 0 Å². The third-order valence-electron chi connectivity index (χ3n) is 4.65. The van der Waals surface area contributed by atoms with Gasteiger partial charge in [0, 0.05) is 34.6 Å². The van der Waals surface area contributed by atoms with Gasteiger partial charge in [0.05, 0.1) is 18.3 Å². The Morgan fingerprint density at radius 2 is 1.70 bits per heavy atom. The largest absolute Gasteiger partial charge is 0.455 e. The Hall–Kier alpha value is -3.75. The minimum Gasteiger partial charge on any atom is -0.455 e. The molecule has 33 heavy (non-hydrogen) atoms. The number of aromatic nitrogens is 1. The number of ether oxygens (including phenoxy) is 1. The maximum Gasteiger partial charge on any atom is 0.228 e. The predicted molar refractivity (Wildman–Crippen MR) is 123 cm³/mol. The van der Waals surface area contributed by atoms with Crippen LogP contribution in [0.1, 0.15) is 5.56 Å². The molecule has 5 nitrogen and oxygen atoms in total. The van der Waals surface area contributed by atoms with Gasteiger partial charge in [0.25, 0.3) is 0 Å². The van der Waals surface area contributed by atoms with Crippen molar-refractivity contribution in [2.45, 2.75) is 11.3 Å². The molecule has 4 rings (SSSR count). The second-order valence-electron chi connectivity index (χ2n) is 7.10. The molecule has 0 unspecified atom stereocenters. The van der Waals surface area contributed by atoms with Gasteiger partial charge < -0.3 is 14.6 Å². The number of anilines is 1. The number of carbonyl (C=O) groups is 1. The molecule has 166 valence electrons. The number of benzene rings is 3. The van der Waals surface area contributed by atoms with Gasteiger partial charge in [0.1, 0.15) is 23.1 Å². The van der Waals surface area contributed by atoms with E-state index in [2.05, 4.69) is 10.3 Å². The minimum absolute atomic E-state index is 0.113. The van der Waals surface area contributed by atoms with E-state index in [1.54, 1.807) is 48.5 Å². The molecule has 0 radical (unpaired) electrons. The summed E-state index contributed by atoms with van der Waals surface area (Å²) < 4.78 is 42.3. The molecule has 0 saturated carbocycles. The minimum atomic E-state index is -0.470. The third-order valence-corrected chi connectivity index (χ3v) is 5.13. The summed E-state index contributed by atoms with van der Waals surface area (Å²) in [5, 5.41) is 2.76. The molecular formula is C25H18F2N2O3S. The van der Waals surface area contributed by atoms with Crippen LogP contribution in [0, 0.1) is 11.6 Å². The van der Waals surface area contributed by atoms with Gasteiger partial charge in [-0.25, -0.2) is 8.78 Å². The highest BCUT2D eigenvalue weighted by Crippen LogP contribution is 2.34. The van der Waals surface area contributed by atoms with Crippen LogP contribution < -0.4 is 10.1 Å². The predicted octanol–water partition coefficient (Wildman–Crippen LogP) is 6.57. The monoisotopic (exact) mass is 464 g/mol. The second kappa shape index (κ2) is 10.2. The van der Waals surface area contributed by atoms with Crippen LogP contribution in [-0.4, -0.2) is 15.4 Å². The van der Waals surface area contributed by atoms with Crippen LogP contribution in [0.2, 0.25) is 0 Å². The number of pyridine rings is 1. The summed E-state index contributed by atoms with van der Waals surface area (Å²) in [6.45, 7) is 0. The zero-order valence-electron chi connectivity index (χ0n) is 17.2. The first-order valence-corrected chi connectivity index (χ1v) is 10.7. The van der Waals surface area contributed by atoms with Gasteiger partial charge in [0.15, 0.2) is 5.75 Å². The van der Waals surface area contributed by atoms with Gasteiger partial charge in [-0.1, -0.05) is 30.3 Å². The van der Waals surface area contributed by atoms with E-state index in [-0.39, 0.29) is 23.8 Å². The number of rotatable bonds is 7. The lowest BCUT2D eigenvalue weighted by atomic mass is 10.1. The van der Waals surface area contributed by atoms with Crippen molar-refractivity contribution in [3.63, 3.8) is 0 Å². The molecule has 8 heteroatoms. The molecule has 3 aromatic carbocycles. The van der Waals surface area contributed by atoms with Crippen molar-refractivity contribution in [1.82, 2.24) is 4.98 Å². The maximum atomic E-state index is 13.8. The molecule has 1 aromatic heterocycles. The van der Waals surface area contributed by atoms with E-state index in [0.717, 1.165) is 5.56 Å². The highest BCUT2D eigenvalue weighted by molar-refractivity contribution is 7.93. The molecule has 1 amide bonds. The summed E-state index contributed by atoms with van der Waals surface area (Å²) in [6, 6.07) is 19.9. The fourth-order valence-corrected chi connectivity index (χ4v) is 3.42. The Morgan fingerprint density at radius 1 is 0.970 bits per heavy atom. The summed E-state index contributed by atoms with van der Waals surface area (Å²) in [4.78, 5) is 17.6. The zero-order valence-corrected chi connectivity index (χ0v) is 18.0. The summed E-state index contributed by atoms with van der Waals surface area (Å²) in [5.41, 5.74) is 1.95. The van der Waals surface area contributed by atoms with E-state index in [0.29, 0.717) is 33.9 Å². The molecular weight excluding hydrogens is 446 g/mol. The highest BCUT2D eigenvalue weighted by atomic mass is 32.2. The number of amides is 1. The average molecular weight is 464 g/mol. The van der Waals surface area contributed by atoms with Crippen LogP contribution in [0.25, 0.3) is 11.3 Å². The Balaban J connectivity index is 1.60. The van der Waals surface area contributed by atoms with Crippen molar-refractivity contribution in [2.75, 3.05) is 5.32 Å². The van der Waals surface area contributed by atoms with Crippen LogP contribution >= 0.6 is 12.0 Å². The molecule has 0 fully saturated rings. The van der Waals surface area contributed by atoms with Gasteiger partial charge in [-0.15, -0.1) is 0 Å². The van der Waals surface area contributed by atoms with Crippen molar-refractivity contribution in [1.29, 1.82) is 0 Å². The number of nitrogens with zero attached hydrogens (tertiary/aromatic N) is 1. The number of carbonyl (C=O) groups excluding carboxylic acids is 1. The molecule has 0 atom stereocenters. The Labute approximate surface area is 193 Å². The van der Waals surface area contributed by atoms with Crippen molar-refractivity contribution in [3.8, 4) is 22.8 Å². The van der Waals surface area contributed by atoms with Crippen LogP contribution in [0.5, 0.6) is 11.5 Å². The number of hydrogen-bond donors (Lipinski definition) is 2. The molecule has 1 heterocycles. The molecule has 0 saturated heterocycles. The van der Waals surface area contributed by atoms with Crippen LogP contribution in [0.15, 0.2) is 90.0 Å². The van der Waals surface area contributed by atoms with Gasteiger partial charge in [-0.3, -0.25) is 9.78 Å². The van der Waals surface area contributed by atoms with Gasteiger partial charge >= 0.3 is 0 Å². The smallest absolute Gasteiger partial charge is 0.228 e. The molecule has 0 aliphatic carbocycles. The fraction of sp³-hybridized carbons (Fsp3) is 0.0400. The summed E-state index contributed by atoms with van der Waals surface area (Å²) in [5.74, 6) is -0.721. The average Bonchev–Trinajstić information content (AvgIpc) is 2.80. The van der Waals surface area contributed by atoms with Crippen LogP contribution in [0.4, 0.5) is 14.5 Å². The molecule has 0 aliphatic heterocycles. The molecule has 0 spiro atoms. The van der Waals surface area contributed by atoms with E-state index < -0.39 is 11.6 Å². The van der Waals surface area contributed by atoms with Crippen LogP contribution in [-0.2, 0) is 11.2 Å². The Kier molecular flexibility index (Phi) is 6.97. The van der Waals surface area contributed by atoms with Crippen molar-refractivity contribution < 1.29 is 22.9 Å². The van der Waals surface area contributed by atoms with Crippen molar-refractivity contribution >= 4 is 23.6 Å². The van der Waals surface area contributed by atoms with E-state index in [1.807, 2.05) is 0 Å². The fourth-order valence-electron chi connectivity index (χ4n) is 3.16. The first-order chi connectivity index (χ1) is 16.0. The lowest BCUT2D eigenvalue weighted by molar-refractivity contribution is -0.115. The van der Waals surface area contributed by atoms with E-state index >= 15 is 0 Å². The van der Waals surface area contributed by atoms with Crippen molar-refractivity contribution in [2.24, 2.45) is 0 Å². The van der Waals surface area contributed by atoms with Crippen molar-refractivity contribution in [3.05, 3.63) is 102 Å². The SMILES string of the molecule is O=C(Cc1ccc(SO)cc1)Nc1cnc(-c2cccc(F)c2)c(Oc2cccc(F)c2)c1. The topological polar surface area (TPSA) is 71.5 Å². The van der Waals surface area contributed by atoms with E-state index in [4.69, 9.17) is 9.29 Å². The highest BCUT2D eigenvalue weighted by Gasteiger charge is 2.14. The van der Waals surface area contributed by atoms with Gasteiger partial charge in [-0.05, 0) is 42.0 Å². The van der Waals surface area contributed by atoms with Gasteiger partial charge in [-0.2, -0.15) is 0 Å². The first kappa shape index (κ1) is 22.4. The van der Waals surface area contributed by atoms with E-state index in [9.17, 15) is 13.6 Å². The normalized spacial score (nSPS) is 10.6. The maximum absolute atomic E-state index is 13.8. The molecule has 0 bridgehead atoms. The standard InChI is InChI=1S/C25H18F2N2O3S/c26-18-4-1-3-17(12-18)25-23(32-21-6-2-5-19(27)13-21)14-20(15-28-25)29-24(30)11-16-7-9-22(33-31)10-8-16/h1-10,12-15,31H,11H2,(H,29,30). The lowest BCUT2D eigenvalue weighted by Gasteiger charge is -2.13. The molecule has 2 N–H and O–H groups in total. The zero-order chi connectivity index (χ0) is 23.2. The third kappa shape index (κ3) is 5.94. The molecule has 0 aliphatic rings. The number of halogens is 2. The summed E-state index contributed by atoms with van der Waals surface area (Å²) in [6.07, 6.45) is 1.56. The second-order valence-corrected chi connectivity index (χ2v) is 7.75. The Bertz CT molecular complexity index is 1280. The Morgan fingerprint density at radius 3 is 2.39 bits per heavy atom. The number of hydrogen-bond acceptors (Lipinski definition) is 5. The summed E-state index contributed by atoms with van der Waals surface area (Å²) >= 11 is 0.633. The quantitative estimate of drug-likeness (QED) is 0.303. The lowest BCUT2D eigenvalue weighted by Crippen LogP contribution is -2.14. The van der Waals surface area contributed by atoms with E-state index in [1.165, 1.54) is 36.5 Å². The summed E-state index contributed by atoms with van der Waals surface area (Å²) in [7, 11) is 0. The number of nitrogens with one attached hydrogen (secondary N) is 1. The molecule has 4 aromatic rings. The van der Waals surface area contributed by atoms with Gasteiger partial charge in [0.2, 0.25) is 5.91 Å².